The first kappa shape index (κ1) is 20.1. The number of hydrogen-bond acceptors (Lipinski definition) is 3. The molecular weight excluding hydrogens is 425 g/mol. The number of nitrogens with zero attached hydrogens (tertiary/aromatic N) is 4. The summed E-state index contributed by atoms with van der Waals surface area (Å²) in [6.45, 7) is 0.841. The number of piperidine rings is 1. The second-order valence-electron chi connectivity index (χ2n) is 7.90. The van der Waals surface area contributed by atoms with E-state index in [2.05, 4.69) is 14.9 Å². The lowest BCUT2D eigenvalue weighted by molar-refractivity contribution is -0.139. The summed E-state index contributed by atoms with van der Waals surface area (Å²) in [6, 6.07) is 9.00. The van der Waals surface area contributed by atoms with Crippen molar-refractivity contribution in [3.8, 4) is 11.1 Å². The summed E-state index contributed by atoms with van der Waals surface area (Å²) in [4.78, 5) is 10.9. The summed E-state index contributed by atoms with van der Waals surface area (Å²) in [5.41, 5.74) is 2.27. The minimum atomic E-state index is -4.37. The molecule has 160 valence electrons. The molecule has 0 atom stereocenters. The highest BCUT2D eigenvalue weighted by atomic mass is 35.5. The number of aromatic nitrogens is 3. The molecule has 0 radical (unpaired) electrons. The average Bonchev–Trinajstić information content (AvgIpc) is 3.06. The lowest BCUT2D eigenvalue weighted by atomic mass is 10.0. The summed E-state index contributed by atoms with van der Waals surface area (Å²) in [7, 11) is 0. The third kappa shape index (κ3) is 3.83. The molecule has 0 bridgehead atoms. The Balaban J connectivity index is 1.69. The number of pyridine rings is 2. The maximum Gasteiger partial charge on any atom is 0.406 e. The van der Waals surface area contributed by atoms with Crippen LogP contribution in [0.4, 0.5) is 19.0 Å². The molecule has 4 nitrogen and oxygen atoms in total. The minimum absolute atomic E-state index is 0.427. The molecule has 1 aliphatic rings. The van der Waals surface area contributed by atoms with Gasteiger partial charge in [-0.15, -0.1) is 0 Å². The van der Waals surface area contributed by atoms with Crippen LogP contribution in [0.1, 0.15) is 19.3 Å². The van der Waals surface area contributed by atoms with E-state index in [0.29, 0.717) is 32.4 Å². The van der Waals surface area contributed by atoms with Crippen molar-refractivity contribution >= 4 is 39.2 Å². The van der Waals surface area contributed by atoms with E-state index in [4.69, 9.17) is 11.6 Å². The summed E-state index contributed by atoms with van der Waals surface area (Å²) in [5, 5.41) is 1.82. The monoisotopic (exact) mass is 444 g/mol. The largest absolute Gasteiger partial charge is 0.406 e. The van der Waals surface area contributed by atoms with Gasteiger partial charge in [-0.2, -0.15) is 13.2 Å². The predicted octanol–water partition coefficient (Wildman–Crippen LogP) is 6.46. The highest BCUT2D eigenvalue weighted by Crippen LogP contribution is 2.39. The molecule has 0 unspecified atom stereocenters. The van der Waals surface area contributed by atoms with Crippen LogP contribution >= 0.6 is 11.6 Å². The summed E-state index contributed by atoms with van der Waals surface area (Å²) in [6.07, 6.45) is 3.91. The number of anilines is 1. The fourth-order valence-electron chi connectivity index (χ4n) is 4.46. The summed E-state index contributed by atoms with van der Waals surface area (Å²) in [5.74, 6) is 0.891. The number of alkyl halides is 3. The van der Waals surface area contributed by atoms with Gasteiger partial charge in [0.1, 0.15) is 12.4 Å². The van der Waals surface area contributed by atoms with Crippen molar-refractivity contribution in [3.05, 3.63) is 53.9 Å². The molecule has 0 aliphatic carbocycles. The van der Waals surface area contributed by atoms with Gasteiger partial charge in [-0.3, -0.25) is 4.98 Å². The molecule has 4 aromatic rings. The highest BCUT2D eigenvalue weighted by Gasteiger charge is 2.30. The van der Waals surface area contributed by atoms with Gasteiger partial charge in [0.15, 0.2) is 0 Å². The standard InChI is InChI=1S/C23H20ClF3N4/c24-16-10-18(15-4-5-21(29-12-15)30-8-2-1-3-9-30)22-19(11-16)17-6-7-28-13-20(17)31(22)14-23(25,26)27/h4-7,10-13H,1-3,8-9,14H2. The van der Waals surface area contributed by atoms with Crippen LogP contribution in [-0.4, -0.2) is 33.8 Å². The van der Waals surface area contributed by atoms with Crippen LogP contribution in [0, 0.1) is 0 Å². The fraction of sp³-hybridized carbons (Fsp3) is 0.304. The zero-order chi connectivity index (χ0) is 21.6. The molecule has 3 aromatic heterocycles. The van der Waals surface area contributed by atoms with E-state index < -0.39 is 12.7 Å². The molecule has 0 saturated carbocycles. The van der Waals surface area contributed by atoms with E-state index in [0.717, 1.165) is 37.3 Å². The Morgan fingerprint density at radius 2 is 1.77 bits per heavy atom. The molecule has 0 N–H and O–H groups in total. The number of rotatable bonds is 3. The van der Waals surface area contributed by atoms with E-state index in [1.165, 1.54) is 17.2 Å². The molecular formula is C23H20ClF3N4. The molecule has 1 aliphatic heterocycles. The van der Waals surface area contributed by atoms with Crippen molar-refractivity contribution in [3.63, 3.8) is 0 Å². The first-order valence-electron chi connectivity index (χ1n) is 10.2. The maximum absolute atomic E-state index is 13.5. The number of halogens is 4. The molecule has 4 heterocycles. The summed E-state index contributed by atoms with van der Waals surface area (Å²) < 4.78 is 41.7. The molecule has 8 heteroatoms. The van der Waals surface area contributed by atoms with Crippen molar-refractivity contribution in [1.29, 1.82) is 0 Å². The Hall–Kier alpha value is -2.80. The van der Waals surface area contributed by atoms with Crippen LogP contribution < -0.4 is 4.90 Å². The lowest BCUT2D eigenvalue weighted by Gasteiger charge is -2.27. The van der Waals surface area contributed by atoms with E-state index >= 15 is 0 Å². The van der Waals surface area contributed by atoms with Crippen molar-refractivity contribution < 1.29 is 13.2 Å². The Morgan fingerprint density at radius 1 is 0.968 bits per heavy atom. The van der Waals surface area contributed by atoms with Gasteiger partial charge in [0.25, 0.3) is 0 Å². The Bertz CT molecular complexity index is 1240. The van der Waals surface area contributed by atoms with Crippen LogP contribution in [0.2, 0.25) is 5.02 Å². The lowest BCUT2D eigenvalue weighted by Crippen LogP contribution is -2.29. The zero-order valence-electron chi connectivity index (χ0n) is 16.7. The topological polar surface area (TPSA) is 34.0 Å². The Labute approximate surface area is 182 Å². The van der Waals surface area contributed by atoms with Crippen molar-refractivity contribution in [2.75, 3.05) is 18.0 Å². The normalized spacial score (nSPS) is 15.2. The highest BCUT2D eigenvalue weighted by molar-refractivity contribution is 6.32. The molecule has 1 saturated heterocycles. The zero-order valence-corrected chi connectivity index (χ0v) is 17.4. The van der Waals surface area contributed by atoms with Gasteiger partial charge in [0.05, 0.1) is 17.2 Å². The van der Waals surface area contributed by atoms with Crippen LogP contribution in [0.15, 0.2) is 48.9 Å². The van der Waals surface area contributed by atoms with E-state index in [1.54, 1.807) is 30.6 Å². The molecule has 31 heavy (non-hydrogen) atoms. The molecule has 1 fully saturated rings. The smallest absolute Gasteiger partial charge is 0.357 e. The quantitative estimate of drug-likeness (QED) is 0.363. The maximum atomic E-state index is 13.5. The number of fused-ring (bicyclic) bond motifs is 3. The van der Waals surface area contributed by atoms with Gasteiger partial charge in [0, 0.05) is 52.4 Å². The second-order valence-corrected chi connectivity index (χ2v) is 8.33. The van der Waals surface area contributed by atoms with Crippen LogP contribution in [-0.2, 0) is 6.54 Å². The molecule has 0 spiro atoms. The molecule has 5 rings (SSSR count). The van der Waals surface area contributed by atoms with E-state index in [9.17, 15) is 13.2 Å². The van der Waals surface area contributed by atoms with Crippen LogP contribution in [0.5, 0.6) is 0 Å². The predicted molar refractivity (Wildman–Crippen MR) is 118 cm³/mol. The third-order valence-corrected chi connectivity index (χ3v) is 6.02. The van der Waals surface area contributed by atoms with Crippen molar-refractivity contribution in [1.82, 2.24) is 14.5 Å². The third-order valence-electron chi connectivity index (χ3n) is 5.80. The van der Waals surface area contributed by atoms with Crippen molar-refractivity contribution in [2.24, 2.45) is 0 Å². The fourth-order valence-corrected chi connectivity index (χ4v) is 4.68. The van der Waals surface area contributed by atoms with Gasteiger partial charge in [0.2, 0.25) is 0 Å². The molecule has 0 amide bonds. The van der Waals surface area contributed by atoms with Gasteiger partial charge in [-0.1, -0.05) is 11.6 Å². The first-order chi connectivity index (χ1) is 14.9. The van der Waals surface area contributed by atoms with Crippen molar-refractivity contribution in [2.45, 2.75) is 32.0 Å². The van der Waals surface area contributed by atoms with E-state index in [1.807, 2.05) is 12.1 Å². The minimum Gasteiger partial charge on any atom is -0.357 e. The SMILES string of the molecule is FC(F)(F)Cn1c2cnccc2c2cc(Cl)cc(-c3ccc(N4CCCCC4)nc3)c21. The van der Waals surface area contributed by atoms with E-state index in [-0.39, 0.29) is 0 Å². The van der Waals surface area contributed by atoms with Crippen LogP contribution in [0.3, 0.4) is 0 Å². The Morgan fingerprint density at radius 3 is 2.48 bits per heavy atom. The van der Waals surface area contributed by atoms with Crippen LogP contribution in [0.25, 0.3) is 32.9 Å². The average molecular weight is 445 g/mol. The number of hydrogen-bond donors (Lipinski definition) is 0. The van der Waals surface area contributed by atoms with Gasteiger partial charge < -0.3 is 9.47 Å². The van der Waals surface area contributed by atoms with Gasteiger partial charge in [-0.25, -0.2) is 4.98 Å². The first-order valence-corrected chi connectivity index (χ1v) is 10.6. The number of benzene rings is 1. The van der Waals surface area contributed by atoms with Gasteiger partial charge >= 0.3 is 6.18 Å². The van der Waals surface area contributed by atoms with Gasteiger partial charge in [-0.05, 0) is 49.6 Å². The molecule has 1 aromatic carbocycles. The summed E-state index contributed by atoms with van der Waals surface area (Å²) >= 11 is 6.39. The second kappa shape index (κ2) is 7.71. The Kier molecular flexibility index (Phi) is 5.01.